The number of alkyl halides is 3. The van der Waals surface area contributed by atoms with Crippen LogP contribution in [0.1, 0.15) is 66.0 Å². The fourth-order valence-electron chi connectivity index (χ4n) is 3.98. The van der Waals surface area contributed by atoms with Gasteiger partial charge in [-0.15, -0.1) is 0 Å². The van der Waals surface area contributed by atoms with Crippen LogP contribution < -0.4 is 4.74 Å². The predicted octanol–water partition coefficient (Wildman–Crippen LogP) is 6.72. The first kappa shape index (κ1) is 24.7. The molecular formula is C27H27F3N2O3. The first-order valence-electron chi connectivity index (χ1n) is 11.7. The van der Waals surface area contributed by atoms with Crippen LogP contribution in [0.4, 0.5) is 13.2 Å². The van der Waals surface area contributed by atoms with Gasteiger partial charge in [0, 0.05) is 29.7 Å². The van der Waals surface area contributed by atoms with Crippen molar-refractivity contribution in [2.24, 2.45) is 0 Å². The topological polar surface area (TPSA) is 72.3 Å². The summed E-state index contributed by atoms with van der Waals surface area (Å²) < 4.78 is 44.6. The molecule has 1 saturated carbocycles. The van der Waals surface area contributed by atoms with E-state index in [1.165, 1.54) is 17.7 Å². The lowest BCUT2D eigenvalue weighted by atomic mass is 10.0. The van der Waals surface area contributed by atoms with E-state index in [1.807, 2.05) is 25.1 Å². The summed E-state index contributed by atoms with van der Waals surface area (Å²) in [5.41, 5.74) is 3.87. The standard InChI is InChI=1S/C27H27F3N2O3/c1-17-14-23(13-10-18(17)4-2-3-5-24(33)34)35-16-21-15-31-26(32-25(21)19-6-7-19)20-8-11-22(12-9-20)27(28,29)30/h8-15,19H,2-7,16H2,1H3,(H,33,34). The molecular weight excluding hydrogens is 457 g/mol. The number of unbranched alkanes of at least 4 members (excludes halogenated alkanes) is 1. The maximum Gasteiger partial charge on any atom is 0.416 e. The van der Waals surface area contributed by atoms with Gasteiger partial charge in [0.25, 0.3) is 0 Å². The minimum atomic E-state index is -4.38. The Bertz CT molecular complexity index is 1190. The van der Waals surface area contributed by atoms with Crippen LogP contribution in [0, 0.1) is 6.92 Å². The second-order valence-electron chi connectivity index (χ2n) is 8.93. The van der Waals surface area contributed by atoms with E-state index >= 15 is 0 Å². The highest BCUT2D eigenvalue weighted by Crippen LogP contribution is 2.41. The lowest BCUT2D eigenvalue weighted by Gasteiger charge is -2.13. The second kappa shape index (κ2) is 10.5. The van der Waals surface area contributed by atoms with E-state index in [4.69, 9.17) is 9.84 Å². The summed E-state index contributed by atoms with van der Waals surface area (Å²) in [7, 11) is 0. The van der Waals surface area contributed by atoms with Gasteiger partial charge in [-0.1, -0.05) is 18.2 Å². The van der Waals surface area contributed by atoms with Crippen LogP contribution in [0.25, 0.3) is 11.4 Å². The number of aryl methyl sites for hydroxylation is 2. The van der Waals surface area contributed by atoms with Crippen LogP contribution in [0.2, 0.25) is 0 Å². The van der Waals surface area contributed by atoms with Crippen molar-refractivity contribution in [3.63, 3.8) is 0 Å². The molecule has 1 heterocycles. The summed E-state index contributed by atoms with van der Waals surface area (Å²) in [6, 6.07) is 10.8. The molecule has 0 spiro atoms. The van der Waals surface area contributed by atoms with Gasteiger partial charge >= 0.3 is 12.1 Å². The molecule has 0 bridgehead atoms. The number of carboxylic acids is 1. The lowest BCUT2D eigenvalue weighted by Crippen LogP contribution is -2.06. The number of aliphatic carboxylic acids is 1. The van der Waals surface area contributed by atoms with Crippen LogP contribution in [0.15, 0.2) is 48.7 Å². The molecule has 8 heteroatoms. The van der Waals surface area contributed by atoms with Crippen molar-refractivity contribution < 1.29 is 27.8 Å². The van der Waals surface area contributed by atoms with Crippen LogP contribution in [0.5, 0.6) is 5.75 Å². The third-order valence-electron chi connectivity index (χ3n) is 6.13. The largest absolute Gasteiger partial charge is 0.489 e. The zero-order valence-corrected chi connectivity index (χ0v) is 19.4. The minimum absolute atomic E-state index is 0.184. The first-order valence-corrected chi connectivity index (χ1v) is 11.7. The third kappa shape index (κ3) is 6.59. The van der Waals surface area contributed by atoms with Gasteiger partial charge in [-0.3, -0.25) is 4.79 Å². The maximum atomic E-state index is 12.9. The maximum absolute atomic E-state index is 12.9. The minimum Gasteiger partial charge on any atom is -0.489 e. The Morgan fingerprint density at radius 3 is 2.46 bits per heavy atom. The number of hydrogen-bond donors (Lipinski definition) is 1. The Labute approximate surface area is 202 Å². The Kier molecular flexibility index (Phi) is 7.38. The lowest BCUT2D eigenvalue weighted by molar-refractivity contribution is -0.138. The molecule has 4 rings (SSSR count). The molecule has 1 aliphatic carbocycles. The summed E-state index contributed by atoms with van der Waals surface area (Å²) >= 11 is 0. The van der Waals surface area contributed by atoms with Crippen LogP contribution in [0.3, 0.4) is 0 Å². The van der Waals surface area contributed by atoms with Gasteiger partial charge in [-0.05, 0) is 74.4 Å². The molecule has 0 radical (unpaired) electrons. The average molecular weight is 485 g/mol. The number of aromatic nitrogens is 2. The fraction of sp³-hybridized carbons (Fsp3) is 0.370. The van der Waals surface area contributed by atoms with Crippen LogP contribution in [-0.2, 0) is 24.0 Å². The number of nitrogens with zero attached hydrogens (tertiary/aromatic N) is 2. The van der Waals surface area contributed by atoms with Gasteiger partial charge in [-0.25, -0.2) is 9.97 Å². The van der Waals surface area contributed by atoms with Crippen LogP contribution >= 0.6 is 0 Å². The van der Waals surface area contributed by atoms with E-state index in [1.54, 1.807) is 6.20 Å². The predicted molar refractivity (Wildman–Crippen MR) is 125 cm³/mol. The number of carboxylic acid groups (broad SMARTS) is 1. The number of carbonyl (C=O) groups is 1. The van der Waals surface area contributed by atoms with E-state index in [9.17, 15) is 18.0 Å². The Balaban J connectivity index is 1.42. The number of hydrogen-bond acceptors (Lipinski definition) is 4. The number of ether oxygens (including phenoxy) is 1. The molecule has 2 aromatic carbocycles. The van der Waals surface area contributed by atoms with E-state index in [0.29, 0.717) is 30.3 Å². The van der Waals surface area contributed by atoms with Crippen molar-refractivity contribution in [1.29, 1.82) is 0 Å². The first-order chi connectivity index (χ1) is 16.7. The van der Waals surface area contributed by atoms with Crippen molar-refractivity contribution in [2.45, 2.75) is 64.1 Å². The van der Waals surface area contributed by atoms with E-state index in [2.05, 4.69) is 9.97 Å². The highest BCUT2D eigenvalue weighted by Gasteiger charge is 2.31. The smallest absolute Gasteiger partial charge is 0.416 e. The van der Waals surface area contributed by atoms with Crippen molar-refractivity contribution in [3.05, 3.63) is 76.6 Å². The van der Waals surface area contributed by atoms with Gasteiger partial charge in [0.05, 0.1) is 11.3 Å². The molecule has 1 N–H and O–H groups in total. The van der Waals surface area contributed by atoms with Gasteiger partial charge in [0.2, 0.25) is 0 Å². The highest BCUT2D eigenvalue weighted by atomic mass is 19.4. The quantitative estimate of drug-likeness (QED) is 0.323. The number of halogens is 3. The van der Waals surface area contributed by atoms with Gasteiger partial charge < -0.3 is 9.84 Å². The van der Waals surface area contributed by atoms with E-state index in [0.717, 1.165) is 60.4 Å². The van der Waals surface area contributed by atoms with Crippen molar-refractivity contribution in [1.82, 2.24) is 9.97 Å². The normalized spacial score (nSPS) is 13.6. The Hall–Kier alpha value is -3.42. The van der Waals surface area contributed by atoms with E-state index < -0.39 is 17.7 Å². The molecule has 184 valence electrons. The average Bonchev–Trinajstić information content (AvgIpc) is 3.66. The molecule has 0 aliphatic heterocycles. The molecule has 5 nitrogen and oxygen atoms in total. The van der Waals surface area contributed by atoms with Crippen molar-refractivity contribution in [3.8, 4) is 17.1 Å². The summed E-state index contributed by atoms with van der Waals surface area (Å²) in [4.78, 5) is 19.7. The van der Waals surface area contributed by atoms with E-state index in [-0.39, 0.29) is 6.42 Å². The van der Waals surface area contributed by atoms with Gasteiger partial charge in [0.1, 0.15) is 12.4 Å². The van der Waals surface area contributed by atoms with Crippen molar-refractivity contribution >= 4 is 5.97 Å². The molecule has 1 fully saturated rings. The Morgan fingerprint density at radius 2 is 1.83 bits per heavy atom. The number of benzene rings is 2. The molecule has 0 atom stereocenters. The summed E-state index contributed by atoms with van der Waals surface area (Å²) in [5, 5.41) is 8.76. The summed E-state index contributed by atoms with van der Waals surface area (Å²) in [6.07, 6.45) is 1.85. The zero-order chi connectivity index (χ0) is 25.0. The highest BCUT2D eigenvalue weighted by molar-refractivity contribution is 5.66. The second-order valence-corrected chi connectivity index (χ2v) is 8.93. The van der Waals surface area contributed by atoms with Crippen molar-refractivity contribution in [2.75, 3.05) is 0 Å². The summed E-state index contributed by atoms with van der Waals surface area (Å²) in [5.74, 6) is 0.685. The fourth-order valence-corrected chi connectivity index (χ4v) is 3.98. The number of rotatable bonds is 10. The monoisotopic (exact) mass is 484 g/mol. The molecule has 3 aromatic rings. The summed E-state index contributed by atoms with van der Waals surface area (Å²) in [6.45, 7) is 2.31. The zero-order valence-electron chi connectivity index (χ0n) is 19.4. The molecule has 0 unspecified atom stereocenters. The molecule has 35 heavy (non-hydrogen) atoms. The SMILES string of the molecule is Cc1cc(OCc2cnc(-c3ccc(C(F)(F)F)cc3)nc2C2CC2)ccc1CCCCC(=O)O. The third-order valence-corrected chi connectivity index (χ3v) is 6.13. The molecule has 1 aromatic heterocycles. The van der Waals surface area contributed by atoms with Crippen LogP contribution in [-0.4, -0.2) is 21.0 Å². The molecule has 1 aliphatic rings. The Morgan fingerprint density at radius 1 is 1.09 bits per heavy atom. The molecule has 0 amide bonds. The molecule has 0 saturated heterocycles. The van der Waals surface area contributed by atoms with Gasteiger partial charge in [-0.2, -0.15) is 13.2 Å². The van der Waals surface area contributed by atoms with Gasteiger partial charge in [0.15, 0.2) is 5.82 Å².